The van der Waals surface area contributed by atoms with Gasteiger partial charge in [-0.1, -0.05) is 36.4 Å². The van der Waals surface area contributed by atoms with E-state index in [1.165, 1.54) is 27.4 Å². The molecule has 1 heterocycles. The van der Waals surface area contributed by atoms with E-state index < -0.39 is 0 Å². The zero-order chi connectivity index (χ0) is 13.0. The standard InChI is InChI=1S/C14H12ClN.CH2O/c15-9-8-10-4-3-6-12-11-5-1-2-7-13(11)16-14(10)12;1-2/h1-7,16H,8-9H2;1H2. The second-order valence-electron chi connectivity index (χ2n) is 3.95. The molecule has 0 atom stereocenters. The van der Waals surface area contributed by atoms with Crippen LogP contribution in [0, 0.1) is 0 Å². The molecule has 0 aliphatic rings. The summed E-state index contributed by atoms with van der Waals surface area (Å²) in [5, 5.41) is 2.58. The summed E-state index contributed by atoms with van der Waals surface area (Å²) in [6.45, 7) is 2.00. The zero-order valence-electron chi connectivity index (χ0n) is 9.95. The van der Waals surface area contributed by atoms with Gasteiger partial charge in [-0.25, -0.2) is 0 Å². The highest BCUT2D eigenvalue weighted by Crippen LogP contribution is 2.27. The molecule has 0 saturated heterocycles. The lowest BCUT2D eigenvalue weighted by Crippen LogP contribution is -1.87. The van der Waals surface area contributed by atoms with Crippen LogP contribution in [0.4, 0.5) is 0 Å². The first-order valence-electron chi connectivity index (χ1n) is 5.73. The molecule has 2 nitrogen and oxygen atoms in total. The average molecular weight is 260 g/mol. The molecule has 0 spiro atoms. The van der Waals surface area contributed by atoms with E-state index in [1.54, 1.807) is 0 Å². The van der Waals surface area contributed by atoms with Gasteiger partial charge >= 0.3 is 0 Å². The van der Waals surface area contributed by atoms with Crippen LogP contribution < -0.4 is 0 Å². The minimum atomic E-state index is 0.661. The quantitative estimate of drug-likeness (QED) is 0.695. The van der Waals surface area contributed by atoms with Crippen molar-refractivity contribution < 1.29 is 4.79 Å². The molecule has 0 bridgehead atoms. The highest BCUT2D eigenvalue weighted by Gasteiger charge is 2.06. The maximum Gasteiger partial charge on any atom is 0.106 e. The minimum absolute atomic E-state index is 0.661. The number of hydrogen-bond acceptors (Lipinski definition) is 1. The Hall–Kier alpha value is -1.80. The predicted molar refractivity (Wildman–Crippen MR) is 77.3 cm³/mol. The number of carbonyl (C=O) groups is 1. The van der Waals surface area contributed by atoms with E-state index in [0.717, 1.165) is 6.42 Å². The molecule has 0 saturated carbocycles. The Morgan fingerprint density at radius 1 is 1.00 bits per heavy atom. The molecule has 2 aromatic carbocycles. The molecule has 0 unspecified atom stereocenters. The van der Waals surface area contributed by atoms with Gasteiger partial charge in [-0.2, -0.15) is 0 Å². The monoisotopic (exact) mass is 259 g/mol. The Kier molecular flexibility index (Phi) is 4.00. The number of halogens is 1. The van der Waals surface area contributed by atoms with Crippen LogP contribution in [0.5, 0.6) is 0 Å². The maximum absolute atomic E-state index is 8.00. The number of nitrogens with one attached hydrogen (secondary N) is 1. The zero-order valence-corrected chi connectivity index (χ0v) is 10.7. The third-order valence-corrected chi connectivity index (χ3v) is 3.18. The van der Waals surface area contributed by atoms with Crippen molar-refractivity contribution in [1.82, 2.24) is 4.98 Å². The third-order valence-electron chi connectivity index (χ3n) is 2.99. The summed E-state index contributed by atoms with van der Waals surface area (Å²) >= 11 is 5.82. The molecule has 0 fully saturated rings. The molecule has 3 rings (SSSR count). The largest absolute Gasteiger partial charge is 0.354 e. The number of aryl methyl sites for hydroxylation is 1. The number of alkyl halides is 1. The number of benzene rings is 2. The molecular weight excluding hydrogens is 246 g/mol. The Morgan fingerprint density at radius 2 is 1.72 bits per heavy atom. The van der Waals surface area contributed by atoms with Gasteiger partial charge < -0.3 is 9.78 Å². The van der Waals surface area contributed by atoms with E-state index in [4.69, 9.17) is 16.4 Å². The van der Waals surface area contributed by atoms with Crippen molar-refractivity contribution in [2.24, 2.45) is 0 Å². The molecule has 0 aliphatic carbocycles. The van der Waals surface area contributed by atoms with Crippen LogP contribution in [0.3, 0.4) is 0 Å². The van der Waals surface area contributed by atoms with Crippen LogP contribution >= 0.6 is 11.6 Å². The second kappa shape index (κ2) is 5.69. The van der Waals surface area contributed by atoms with Crippen LogP contribution in [0.1, 0.15) is 5.56 Å². The Balaban J connectivity index is 0.000000574. The number of carbonyl (C=O) groups excluding carboxylic acids is 1. The molecule has 0 aliphatic heterocycles. The highest BCUT2D eigenvalue weighted by atomic mass is 35.5. The van der Waals surface area contributed by atoms with Crippen molar-refractivity contribution in [1.29, 1.82) is 0 Å². The Bertz CT molecular complexity index is 660. The maximum atomic E-state index is 8.00. The van der Waals surface area contributed by atoms with Gasteiger partial charge in [0.2, 0.25) is 0 Å². The van der Waals surface area contributed by atoms with Crippen LogP contribution in [-0.4, -0.2) is 17.7 Å². The average Bonchev–Trinajstić information content (AvgIpc) is 2.81. The number of fused-ring (bicyclic) bond motifs is 3. The fraction of sp³-hybridized carbons (Fsp3) is 0.133. The number of H-pyrrole nitrogens is 1. The minimum Gasteiger partial charge on any atom is -0.354 e. The molecule has 3 aromatic rings. The summed E-state index contributed by atoms with van der Waals surface area (Å²) in [6.07, 6.45) is 0.908. The SMILES string of the molecule is C=O.ClCCc1cccc2c1[nH]c1ccccc12. The summed E-state index contributed by atoms with van der Waals surface area (Å²) in [7, 11) is 0. The number of rotatable bonds is 2. The predicted octanol–water partition coefficient (Wildman–Crippen LogP) is 3.92. The molecule has 92 valence electrons. The first kappa shape index (κ1) is 12.7. The van der Waals surface area contributed by atoms with Crippen LogP contribution in [0.2, 0.25) is 0 Å². The van der Waals surface area contributed by atoms with E-state index >= 15 is 0 Å². The smallest absolute Gasteiger partial charge is 0.106 e. The van der Waals surface area contributed by atoms with Crippen molar-refractivity contribution in [3.63, 3.8) is 0 Å². The Morgan fingerprint density at radius 3 is 2.50 bits per heavy atom. The van der Waals surface area contributed by atoms with E-state index in [-0.39, 0.29) is 0 Å². The number of aromatic amines is 1. The number of para-hydroxylation sites is 2. The van der Waals surface area contributed by atoms with Gasteiger partial charge in [0.05, 0.1) is 0 Å². The molecule has 3 heteroatoms. The highest BCUT2D eigenvalue weighted by molar-refractivity contribution is 6.18. The molecule has 18 heavy (non-hydrogen) atoms. The van der Waals surface area contributed by atoms with Crippen molar-refractivity contribution in [3.05, 3.63) is 48.0 Å². The van der Waals surface area contributed by atoms with Crippen LogP contribution in [-0.2, 0) is 11.2 Å². The number of aromatic nitrogens is 1. The van der Waals surface area contributed by atoms with Crippen molar-refractivity contribution in [2.75, 3.05) is 5.88 Å². The lowest BCUT2D eigenvalue weighted by molar-refractivity contribution is -0.0979. The van der Waals surface area contributed by atoms with Gasteiger partial charge in [-0.05, 0) is 18.1 Å². The van der Waals surface area contributed by atoms with Crippen molar-refractivity contribution in [2.45, 2.75) is 6.42 Å². The van der Waals surface area contributed by atoms with E-state index in [2.05, 4.69) is 47.4 Å². The van der Waals surface area contributed by atoms with Gasteiger partial charge in [-0.3, -0.25) is 0 Å². The number of hydrogen-bond donors (Lipinski definition) is 1. The summed E-state index contributed by atoms with van der Waals surface area (Å²) in [4.78, 5) is 11.5. The molecule has 0 amide bonds. The second-order valence-corrected chi connectivity index (χ2v) is 4.33. The molecule has 1 aromatic heterocycles. The van der Waals surface area contributed by atoms with Crippen LogP contribution in [0.25, 0.3) is 21.8 Å². The summed E-state index contributed by atoms with van der Waals surface area (Å²) in [5.41, 5.74) is 3.72. The van der Waals surface area contributed by atoms with Gasteiger partial charge in [0.15, 0.2) is 0 Å². The molecule has 1 N–H and O–H groups in total. The first-order valence-corrected chi connectivity index (χ1v) is 6.27. The lowest BCUT2D eigenvalue weighted by Gasteiger charge is -1.99. The van der Waals surface area contributed by atoms with E-state index in [1.807, 2.05) is 6.79 Å². The van der Waals surface area contributed by atoms with Gasteiger partial charge in [0.25, 0.3) is 0 Å². The van der Waals surface area contributed by atoms with Gasteiger partial charge in [0, 0.05) is 27.7 Å². The van der Waals surface area contributed by atoms with E-state index in [9.17, 15) is 0 Å². The lowest BCUT2D eigenvalue weighted by atomic mass is 10.1. The fourth-order valence-electron chi connectivity index (χ4n) is 2.24. The van der Waals surface area contributed by atoms with Crippen molar-refractivity contribution in [3.8, 4) is 0 Å². The topological polar surface area (TPSA) is 32.9 Å². The normalized spacial score (nSPS) is 10.3. The molecule has 0 radical (unpaired) electrons. The van der Waals surface area contributed by atoms with Gasteiger partial charge in [0.1, 0.15) is 6.79 Å². The summed E-state index contributed by atoms with van der Waals surface area (Å²) in [5.74, 6) is 0.661. The summed E-state index contributed by atoms with van der Waals surface area (Å²) in [6, 6.07) is 14.8. The third kappa shape index (κ3) is 2.12. The summed E-state index contributed by atoms with van der Waals surface area (Å²) < 4.78 is 0. The molecular formula is C15H14ClNO. The van der Waals surface area contributed by atoms with E-state index in [0.29, 0.717) is 5.88 Å². The van der Waals surface area contributed by atoms with Gasteiger partial charge in [-0.15, -0.1) is 11.6 Å². The first-order chi connectivity index (χ1) is 8.90. The Labute approximate surface area is 111 Å². The van der Waals surface area contributed by atoms with Crippen LogP contribution in [0.15, 0.2) is 42.5 Å². The fourth-order valence-corrected chi connectivity index (χ4v) is 2.45. The van der Waals surface area contributed by atoms with Crippen molar-refractivity contribution >= 4 is 40.2 Å².